The van der Waals surface area contributed by atoms with Crippen LogP contribution in [0.4, 0.5) is 0 Å². The van der Waals surface area contributed by atoms with Gasteiger partial charge in [0, 0.05) is 6.42 Å². The first-order valence-corrected chi connectivity index (χ1v) is 4.77. The highest BCUT2D eigenvalue weighted by Gasteiger charge is 2.07. The van der Waals surface area contributed by atoms with E-state index in [1.165, 1.54) is 0 Å². The van der Waals surface area contributed by atoms with Gasteiger partial charge in [0.05, 0.1) is 19.3 Å². The summed E-state index contributed by atoms with van der Waals surface area (Å²) >= 11 is 0. The van der Waals surface area contributed by atoms with Gasteiger partial charge in [-0.1, -0.05) is 18.2 Å². The van der Waals surface area contributed by atoms with Crippen LogP contribution in [-0.2, 0) is 6.42 Å². The van der Waals surface area contributed by atoms with Crippen LogP contribution in [-0.4, -0.2) is 29.5 Å². The van der Waals surface area contributed by atoms with E-state index in [1.807, 2.05) is 31.2 Å². The first kappa shape index (κ1) is 11.0. The van der Waals surface area contributed by atoms with Crippen LogP contribution in [0.15, 0.2) is 24.3 Å². The van der Waals surface area contributed by atoms with Gasteiger partial charge < -0.3 is 14.9 Å². The Kier molecular flexibility index (Phi) is 4.43. The van der Waals surface area contributed by atoms with E-state index < -0.39 is 6.10 Å². The van der Waals surface area contributed by atoms with E-state index >= 15 is 0 Å². The van der Waals surface area contributed by atoms with Crippen LogP contribution in [0.5, 0.6) is 5.75 Å². The lowest BCUT2D eigenvalue weighted by molar-refractivity contribution is 0.0948. The molecule has 0 aliphatic rings. The second-order valence-corrected chi connectivity index (χ2v) is 3.08. The average Bonchev–Trinajstić information content (AvgIpc) is 2.21. The molecule has 2 N–H and O–H groups in total. The molecule has 0 amide bonds. The zero-order valence-electron chi connectivity index (χ0n) is 8.31. The molecular weight excluding hydrogens is 180 g/mol. The van der Waals surface area contributed by atoms with Crippen LogP contribution < -0.4 is 4.74 Å². The van der Waals surface area contributed by atoms with Crippen LogP contribution >= 0.6 is 0 Å². The molecule has 0 aliphatic heterocycles. The third-order valence-electron chi connectivity index (χ3n) is 1.94. The van der Waals surface area contributed by atoms with E-state index in [2.05, 4.69) is 0 Å². The van der Waals surface area contributed by atoms with Crippen molar-refractivity contribution < 1.29 is 14.9 Å². The van der Waals surface area contributed by atoms with Crippen LogP contribution in [0, 0.1) is 0 Å². The minimum Gasteiger partial charge on any atom is -0.494 e. The van der Waals surface area contributed by atoms with Crippen LogP contribution in [0.2, 0.25) is 0 Å². The van der Waals surface area contributed by atoms with Gasteiger partial charge in [0.15, 0.2) is 0 Å². The fraction of sp³-hybridized carbons (Fsp3) is 0.455. The molecule has 1 aromatic carbocycles. The van der Waals surface area contributed by atoms with Crippen molar-refractivity contribution in [3.8, 4) is 5.75 Å². The van der Waals surface area contributed by atoms with Gasteiger partial charge >= 0.3 is 0 Å². The fourth-order valence-electron chi connectivity index (χ4n) is 1.29. The largest absolute Gasteiger partial charge is 0.494 e. The normalized spacial score (nSPS) is 12.5. The Bertz CT molecular complexity index is 273. The van der Waals surface area contributed by atoms with Gasteiger partial charge in [-0.15, -0.1) is 0 Å². The average molecular weight is 196 g/mol. The molecule has 3 nitrogen and oxygen atoms in total. The summed E-state index contributed by atoms with van der Waals surface area (Å²) in [5.41, 5.74) is 0.927. The molecule has 0 saturated carbocycles. The standard InChI is InChI=1S/C11H16O3/c1-2-14-11-6-4-3-5-9(11)7-10(13)8-12/h3-6,10,12-13H,2,7-8H2,1H3. The summed E-state index contributed by atoms with van der Waals surface area (Å²) in [5.74, 6) is 0.780. The number of aliphatic hydroxyl groups excluding tert-OH is 2. The highest BCUT2D eigenvalue weighted by atomic mass is 16.5. The maximum Gasteiger partial charge on any atom is 0.122 e. The van der Waals surface area contributed by atoms with Gasteiger partial charge in [-0.2, -0.15) is 0 Å². The Hall–Kier alpha value is -1.06. The third-order valence-corrected chi connectivity index (χ3v) is 1.94. The maximum absolute atomic E-state index is 9.30. The first-order chi connectivity index (χ1) is 6.77. The van der Waals surface area contributed by atoms with E-state index in [1.54, 1.807) is 0 Å². The smallest absolute Gasteiger partial charge is 0.122 e. The van der Waals surface area contributed by atoms with Crippen LogP contribution in [0.25, 0.3) is 0 Å². The van der Waals surface area contributed by atoms with E-state index in [-0.39, 0.29) is 6.61 Å². The molecule has 0 heterocycles. The Balaban J connectivity index is 2.73. The maximum atomic E-state index is 9.30. The molecule has 3 heteroatoms. The van der Waals surface area contributed by atoms with Crippen LogP contribution in [0.1, 0.15) is 12.5 Å². The quantitative estimate of drug-likeness (QED) is 0.738. The van der Waals surface area contributed by atoms with Crippen molar-refractivity contribution in [1.82, 2.24) is 0 Å². The number of ether oxygens (including phenoxy) is 1. The Morgan fingerprint density at radius 3 is 2.71 bits per heavy atom. The molecule has 0 saturated heterocycles. The fourth-order valence-corrected chi connectivity index (χ4v) is 1.29. The van der Waals surface area contributed by atoms with Crippen molar-refractivity contribution in [1.29, 1.82) is 0 Å². The zero-order chi connectivity index (χ0) is 10.4. The number of aliphatic hydroxyl groups is 2. The lowest BCUT2D eigenvalue weighted by atomic mass is 10.1. The molecule has 1 unspecified atom stereocenters. The summed E-state index contributed by atoms with van der Waals surface area (Å²) in [4.78, 5) is 0. The van der Waals surface area contributed by atoms with Crippen molar-refractivity contribution >= 4 is 0 Å². The van der Waals surface area contributed by atoms with Gasteiger partial charge in [-0.25, -0.2) is 0 Å². The van der Waals surface area contributed by atoms with Gasteiger partial charge in [0.25, 0.3) is 0 Å². The Labute approximate surface area is 84.0 Å². The molecular formula is C11H16O3. The minimum atomic E-state index is -0.711. The highest BCUT2D eigenvalue weighted by molar-refractivity contribution is 5.33. The van der Waals surface area contributed by atoms with E-state index in [0.29, 0.717) is 13.0 Å². The summed E-state index contributed by atoms with van der Waals surface area (Å²) in [7, 11) is 0. The van der Waals surface area contributed by atoms with Gasteiger partial charge in [0.2, 0.25) is 0 Å². The summed E-state index contributed by atoms with van der Waals surface area (Å²) in [6.07, 6.45) is -0.288. The van der Waals surface area contributed by atoms with E-state index in [9.17, 15) is 5.11 Å². The summed E-state index contributed by atoms with van der Waals surface area (Å²) in [5, 5.41) is 18.0. The summed E-state index contributed by atoms with van der Waals surface area (Å²) in [6, 6.07) is 7.54. The SMILES string of the molecule is CCOc1ccccc1CC(O)CO. The molecule has 1 aromatic rings. The number of hydrogen-bond donors (Lipinski definition) is 2. The lowest BCUT2D eigenvalue weighted by Crippen LogP contribution is -2.15. The molecule has 0 aliphatic carbocycles. The van der Waals surface area contributed by atoms with Gasteiger partial charge in [0.1, 0.15) is 5.75 Å². The molecule has 1 atom stereocenters. The third kappa shape index (κ3) is 3.01. The van der Waals surface area contributed by atoms with Crippen molar-refractivity contribution in [2.24, 2.45) is 0 Å². The number of rotatable bonds is 5. The molecule has 78 valence electrons. The van der Waals surface area contributed by atoms with E-state index in [0.717, 1.165) is 11.3 Å². The molecule has 0 spiro atoms. The monoisotopic (exact) mass is 196 g/mol. The summed E-state index contributed by atoms with van der Waals surface area (Å²) in [6.45, 7) is 2.30. The van der Waals surface area contributed by atoms with E-state index in [4.69, 9.17) is 9.84 Å². The molecule has 14 heavy (non-hydrogen) atoms. The molecule has 1 rings (SSSR count). The second-order valence-electron chi connectivity index (χ2n) is 3.08. The van der Waals surface area contributed by atoms with Crippen LogP contribution in [0.3, 0.4) is 0 Å². The Morgan fingerprint density at radius 1 is 1.36 bits per heavy atom. The predicted molar refractivity (Wildman–Crippen MR) is 54.4 cm³/mol. The molecule has 0 bridgehead atoms. The van der Waals surface area contributed by atoms with Crippen molar-refractivity contribution in [3.63, 3.8) is 0 Å². The van der Waals surface area contributed by atoms with Gasteiger partial charge in [-0.05, 0) is 18.6 Å². The molecule has 0 fully saturated rings. The topological polar surface area (TPSA) is 49.7 Å². The number of para-hydroxylation sites is 1. The molecule has 0 radical (unpaired) electrons. The summed E-state index contributed by atoms with van der Waals surface area (Å²) < 4.78 is 5.39. The van der Waals surface area contributed by atoms with Crippen molar-refractivity contribution in [3.05, 3.63) is 29.8 Å². The zero-order valence-corrected chi connectivity index (χ0v) is 8.31. The molecule has 0 aromatic heterocycles. The van der Waals surface area contributed by atoms with Crippen molar-refractivity contribution in [2.75, 3.05) is 13.2 Å². The Morgan fingerprint density at radius 2 is 2.07 bits per heavy atom. The lowest BCUT2D eigenvalue weighted by Gasteiger charge is -2.12. The first-order valence-electron chi connectivity index (χ1n) is 4.77. The van der Waals surface area contributed by atoms with Gasteiger partial charge in [-0.3, -0.25) is 0 Å². The second kappa shape index (κ2) is 5.62. The highest BCUT2D eigenvalue weighted by Crippen LogP contribution is 2.19. The van der Waals surface area contributed by atoms with Crippen molar-refractivity contribution in [2.45, 2.75) is 19.4 Å². The predicted octanol–water partition coefficient (Wildman–Crippen LogP) is 0.981. The number of hydrogen-bond acceptors (Lipinski definition) is 3. The number of benzene rings is 1. The minimum absolute atomic E-state index is 0.222.